The van der Waals surface area contributed by atoms with Crippen molar-refractivity contribution in [3.05, 3.63) is 22.1 Å². The molecule has 3 N–H and O–H groups in total. The topological polar surface area (TPSA) is 63.8 Å². The highest BCUT2D eigenvalue weighted by molar-refractivity contribution is 4.95. The molecule has 0 radical (unpaired) electrons. The Hall–Kier alpha value is -1.03. The van der Waals surface area contributed by atoms with Gasteiger partial charge in [-0.3, -0.25) is 9.48 Å². The van der Waals surface area contributed by atoms with Crippen molar-refractivity contribution < 1.29 is 0 Å². The molecule has 4 nitrogen and oxygen atoms in total. The summed E-state index contributed by atoms with van der Waals surface area (Å²) in [6.07, 6.45) is 0.833. The van der Waals surface area contributed by atoms with Crippen LogP contribution in [0.1, 0.15) is 12.1 Å². The third-order valence-corrected chi connectivity index (χ3v) is 1.50. The Morgan fingerprint density at radius 2 is 2.45 bits per heavy atom. The molecule has 0 aliphatic carbocycles. The average molecular weight is 155 g/mol. The lowest BCUT2D eigenvalue weighted by Gasteiger charge is -1.97. The van der Waals surface area contributed by atoms with E-state index in [0.29, 0.717) is 13.1 Å². The maximum absolute atomic E-state index is 11.0. The van der Waals surface area contributed by atoms with Gasteiger partial charge < -0.3 is 10.8 Å². The third-order valence-electron chi connectivity index (χ3n) is 1.50. The monoisotopic (exact) mass is 155 g/mol. The molecular weight excluding hydrogens is 142 g/mol. The van der Waals surface area contributed by atoms with Gasteiger partial charge in [0, 0.05) is 18.3 Å². The average Bonchev–Trinajstić information content (AvgIpc) is 2.26. The molecule has 1 heterocycles. The van der Waals surface area contributed by atoms with Gasteiger partial charge in [0.05, 0.1) is 0 Å². The number of aromatic nitrogens is 2. The molecule has 0 spiro atoms. The quantitative estimate of drug-likeness (QED) is 0.636. The highest BCUT2D eigenvalue weighted by Gasteiger charge is 1.96. The Morgan fingerprint density at radius 3 is 2.91 bits per heavy atom. The third kappa shape index (κ3) is 1.94. The summed E-state index contributed by atoms with van der Waals surface area (Å²) in [4.78, 5) is 11.0. The Labute approximate surface area is 65.0 Å². The molecule has 0 aromatic carbocycles. The second kappa shape index (κ2) is 3.39. The molecule has 4 heteroatoms. The predicted octanol–water partition coefficient (Wildman–Crippen LogP) is -0.166. The molecule has 62 valence electrons. The van der Waals surface area contributed by atoms with E-state index in [1.807, 2.05) is 6.92 Å². The second-order valence-corrected chi connectivity index (χ2v) is 2.57. The number of nitrogens with zero attached hydrogens (tertiary/aromatic N) is 1. The van der Waals surface area contributed by atoms with Crippen LogP contribution in [0.5, 0.6) is 0 Å². The van der Waals surface area contributed by atoms with Gasteiger partial charge in [-0.25, -0.2) is 0 Å². The number of aromatic amines is 1. The SMILES string of the molecule is Cc1cc(=O)n(CCCN)[nH]1. The van der Waals surface area contributed by atoms with Gasteiger partial charge in [0.2, 0.25) is 0 Å². The lowest BCUT2D eigenvalue weighted by Crippen LogP contribution is -2.17. The van der Waals surface area contributed by atoms with Crippen LogP contribution in [-0.4, -0.2) is 16.3 Å². The van der Waals surface area contributed by atoms with Crippen LogP contribution >= 0.6 is 0 Å². The van der Waals surface area contributed by atoms with Crippen molar-refractivity contribution in [2.24, 2.45) is 5.73 Å². The number of H-pyrrole nitrogens is 1. The summed E-state index contributed by atoms with van der Waals surface area (Å²) < 4.78 is 1.57. The smallest absolute Gasteiger partial charge is 0.266 e. The minimum absolute atomic E-state index is 0.0240. The summed E-state index contributed by atoms with van der Waals surface area (Å²) in [5, 5.41) is 2.93. The molecule has 0 saturated carbocycles. The number of nitrogens with two attached hydrogens (primary N) is 1. The fourth-order valence-electron chi connectivity index (χ4n) is 0.979. The van der Waals surface area contributed by atoms with E-state index in [1.54, 1.807) is 10.7 Å². The molecule has 0 unspecified atom stereocenters. The Morgan fingerprint density at radius 1 is 1.73 bits per heavy atom. The van der Waals surface area contributed by atoms with Gasteiger partial charge in [-0.1, -0.05) is 0 Å². The minimum atomic E-state index is 0.0240. The van der Waals surface area contributed by atoms with E-state index in [-0.39, 0.29) is 5.56 Å². The summed E-state index contributed by atoms with van der Waals surface area (Å²) in [5.41, 5.74) is 6.22. The Kier molecular flexibility index (Phi) is 2.48. The molecular formula is C7H13N3O. The molecule has 0 aliphatic heterocycles. The second-order valence-electron chi connectivity index (χ2n) is 2.57. The molecule has 0 saturated heterocycles. The van der Waals surface area contributed by atoms with Gasteiger partial charge in [0.15, 0.2) is 0 Å². The molecule has 0 bridgehead atoms. The zero-order chi connectivity index (χ0) is 8.27. The van der Waals surface area contributed by atoms with Crippen LogP contribution in [0.2, 0.25) is 0 Å². The van der Waals surface area contributed by atoms with Crippen molar-refractivity contribution in [1.29, 1.82) is 0 Å². The molecule has 0 amide bonds. The van der Waals surface area contributed by atoms with Crippen LogP contribution in [-0.2, 0) is 6.54 Å². The van der Waals surface area contributed by atoms with E-state index in [9.17, 15) is 4.79 Å². The summed E-state index contributed by atoms with van der Waals surface area (Å²) >= 11 is 0. The van der Waals surface area contributed by atoms with Gasteiger partial charge in [0.25, 0.3) is 5.56 Å². The van der Waals surface area contributed by atoms with Crippen LogP contribution in [0, 0.1) is 6.92 Å². The summed E-state index contributed by atoms with van der Waals surface area (Å²) in [7, 11) is 0. The van der Waals surface area contributed by atoms with Crippen molar-refractivity contribution in [3.63, 3.8) is 0 Å². The molecule has 0 atom stereocenters. The van der Waals surface area contributed by atoms with Crippen LogP contribution in [0.4, 0.5) is 0 Å². The predicted molar refractivity (Wildman–Crippen MR) is 43.5 cm³/mol. The van der Waals surface area contributed by atoms with Crippen molar-refractivity contribution in [3.8, 4) is 0 Å². The zero-order valence-electron chi connectivity index (χ0n) is 6.63. The van der Waals surface area contributed by atoms with Crippen LogP contribution in [0.15, 0.2) is 10.9 Å². The molecule has 0 fully saturated rings. The van der Waals surface area contributed by atoms with Gasteiger partial charge >= 0.3 is 0 Å². The fourth-order valence-corrected chi connectivity index (χ4v) is 0.979. The summed E-state index contributed by atoms with van der Waals surface area (Å²) in [6, 6.07) is 1.58. The van der Waals surface area contributed by atoms with E-state index in [1.165, 1.54) is 0 Å². The summed E-state index contributed by atoms with van der Waals surface area (Å²) in [5.74, 6) is 0. The molecule has 1 aromatic rings. The summed E-state index contributed by atoms with van der Waals surface area (Å²) in [6.45, 7) is 3.16. The number of aryl methyl sites for hydroxylation is 2. The van der Waals surface area contributed by atoms with Gasteiger partial charge in [0.1, 0.15) is 0 Å². The number of nitrogens with one attached hydrogen (secondary N) is 1. The molecule has 0 aliphatic rings. The van der Waals surface area contributed by atoms with Crippen molar-refractivity contribution in [2.45, 2.75) is 19.9 Å². The minimum Gasteiger partial charge on any atom is -0.330 e. The zero-order valence-corrected chi connectivity index (χ0v) is 6.63. The lowest BCUT2D eigenvalue weighted by atomic mass is 10.4. The van der Waals surface area contributed by atoms with E-state index in [2.05, 4.69) is 5.10 Å². The standard InChI is InChI=1S/C7H13N3O/c1-6-5-7(11)10(9-6)4-2-3-8/h5,9H,2-4,8H2,1H3. The van der Waals surface area contributed by atoms with E-state index in [0.717, 1.165) is 12.1 Å². The first-order chi connectivity index (χ1) is 5.24. The number of rotatable bonds is 3. The van der Waals surface area contributed by atoms with Crippen LogP contribution in [0.3, 0.4) is 0 Å². The van der Waals surface area contributed by atoms with E-state index < -0.39 is 0 Å². The van der Waals surface area contributed by atoms with Crippen molar-refractivity contribution >= 4 is 0 Å². The first-order valence-corrected chi connectivity index (χ1v) is 3.70. The van der Waals surface area contributed by atoms with Crippen LogP contribution < -0.4 is 11.3 Å². The van der Waals surface area contributed by atoms with Crippen molar-refractivity contribution in [2.75, 3.05) is 6.54 Å². The highest BCUT2D eigenvalue weighted by Crippen LogP contribution is 1.86. The largest absolute Gasteiger partial charge is 0.330 e. The van der Waals surface area contributed by atoms with E-state index in [4.69, 9.17) is 5.73 Å². The van der Waals surface area contributed by atoms with Gasteiger partial charge in [-0.15, -0.1) is 0 Å². The lowest BCUT2D eigenvalue weighted by molar-refractivity contribution is 0.566. The van der Waals surface area contributed by atoms with Crippen molar-refractivity contribution in [1.82, 2.24) is 9.78 Å². The highest BCUT2D eigenvalue weighted by atomic mass is 16.1. The first-order valence-electron chi connectivity index (χ1n) is 3.70. The molecule has 1 rings (SSSR count). The maximum Gasteiger partial charge on any atom is 0.266 e. The number of hydrogen-bond acceptors (Lipinski definition) is 2. The normalized spacial score (nSPS) is 10.4. The number of hydrogen-bond donors (Lipinski definition) is 2. The molecule has 1 aromatic heterocycles. The fraction of sp³-hybridized carbons (Fsp3) is 0.571. The van der Waals surface area contributed by atoms with Gasteiger partial charge in [-0.05, 0) is 19.9 Å². The first kappa shape index (κ1) is 8.07. The molecule has 11 heavy (non-hydrogen) atoms. The van der Waals surface area contributed by atoms with Gasteiger partial charge in [-0.2, -0.15) is 0 Å². The van der Waals surface area contributed by atoms with E-state index >= 15 is 0 Å². The maximum atomic E-state index is 11.0. The Balaban J connectivity index is 2.70. The van der Waals surface area contributed by atoms with Crippen LogP contribution in [0.25, 0.3) is 0 Å². The Bertz CT molecular complexity index is 273.